The highest BCUT2D eigenvalue weighted by Crippen LogP contribution is 2.17. The monoisotopic (exact) mass is 365 g/mol. The summed E-state index contributed by atoms with van der Waals surface area (Å²) >= 11 is 0. The van der Waals surface area contributed by atoms with Crippen LogP contribution in [-0.2, 0) is 11.2 Å². The van der Waals surface area contributed by atoms with Crippen LogP contribution >= 0.6 is 0 Å². The van der Waals surface area contributed by atoms with Crippen molar-refractivity contribution in [3.05, 3.63) is 60.0 Å². The molecule has 3 rings (SSSR count). The van der Waals surface area contributed by atoms with E-state index in [4.69, 9.17) is 0 Å². The van der Waals surface area contributed by atoms with Gasteiger partial charge in [-0.1, -0.05) is 19.1 Å². The van der Waals surface area contributed by atoms with Crippen molar-refractivity contribution in [3.8, 4) is 0 Å². The quantitative estimate of drug-likeness (QED) is 0.644. The number of carbonyl (C=O) groups excluding carboxylic acids is 1. The Hall–Kier alpha value is -2.73. The fourth-order valence-electron chi connectivity index (χ4n) is 3.18. The van der Waals surface area contributed by atoms with Gasteiger partial charge >= 0.3 is 0 Å². The first-order chi connectivity index (χ1) is 13.0. The molecule has 27 heavy (non-hydrogen) atoms. The number of fused-ring (bicyclic) bond motifs is 1. The zero-order valence-electron chi connectivity index (χ0n) is 16.1. The lowest BCUT2D eigenvalue weighted by Crippen LogP contribution is -2.41. The second-order valence-corrected chi connectivity index (χ2v) is 7.28. The SMILES string of the molecule is C[C@@H](CC(=O)NC[C@H](Cc1ccc2[nH]ncc2c1)N(C)C)c1ccccn1. The minimum atomic E-state index is 0.0605. The first kappa shape index (κ1) is 19.0. The molecule has 0 fully saturated rings. The van der Waals surface area contributed by atoms with Crippen molar-refractivity contribution in [1.82, 2.24) is 25.4 Å². The lowest BCUT2D eigenvalue weighted by molar-refractivity contribution is -0.121. The van der Waals surface area contributed by atoms with Gasteiger partial charge in [-0.2, -0.15) is 5.10 Å². The topological polar surface area (TPSA) is 73.9 Å². The Morgan fingerprint density at radius 2 is 2.11 bits per heavy atom. The van der Waals surface area contributed by atoms with E-state index >= 15 is 0 Å². The third kappa shape index (κ3) is 5.14. The van der Waals surface area contributed by atoms with Crippen molar-refractivity contribution in [2.75, 3.05) is 20.6 Å². The van der Waals surface area contributed by atoms with Crippen LogP contribution in [0.5, 0.6) is 0 Å². The van der Waals surface area contributed by atoms with Gasteiger partial charge < -0.3 is 10.2 Å². The predicted octanol–water partition coefficient (Wildman–Crippen LogP) is 2.74. The molecule has 2 heterocycles. The molecule has 0 saturated heterocycles. The molecule has 0 spiro atoms. The Balaban J connectivity index is 1.55. The number of aromatic amines is 1. The normalized spacial score (nSPS) is 13.6. The highest BCUT2D eigenvalue weighted by molar-refractivity contribution is 5.78. The fraction of sp³-hybridized carbons (Fsp3) is 0.381. The maximum Gasteiger partial charge on any atom is 0.220 e. The Morgan fingerprint density at radius 1 is 1.26 bits per heavy atom. The van der Waals surface area contributed by atoms with Crippen LogP contribution in [0.4, 0.5) is 0 Å². The Labute approximate surface area is 160 Å². The summed E-state index contributed by atoms with van der Waals surface area (Å²) in [6.07, 6.45) is 4.91. The Bertz CT molecular complexity index is 874. The van der Waals surface area contributed by atoms with Gasteiger partial charge in [0.15, 0.2) is 0 Å². The van der Waals surface area contributed by atoms with E-state index in [0.29, 0.717) is 13.0 Å². The number of rotatable bonds is 8. The standard InChI is InChI=1S/C21H27N5O/c1-15(19-6-4-5-9-22-19)10-21(27)23-14-18(26(2)3)12-16-7-8-20-17(11-16)13-24-25-20/h4-9,11,13,15,18H,10,12,14H2,1-3H3,(H,23,27)(H,24,25)/t15-,18-/m0/s1. The lowest BCUT2D eigenvalue weighted by Gasteiger charge is -2.25. The molecule has 3 aromatic rings. The molecule has 0 radical (unpaired) electrons. The van der Waals surface area contributed by atoms with Crippen LogP contribution in [0.2, 0.25) is 0 Å². The molecule has 6 nitrogen and oxygen atoms in total. The number of aromatic nitrogens is 3. The number of hydrogen-bond acceptors (Lipinski definition) is 4. The highest BCUT2D eigenvalue weighted by Gasteiger charge is 2.16. The van der Waals surface area contributed by atoms with Crippen molar-refractivity contribution >= 4 is 16.8 Å². The summed E-state index contributed by atoms with van der Waals surface area (Å²) in [5, 5.41) is 11.2. The van der Waals surface area contributed by atoms with E-state index in [2.05, 4.69) is 43.6 Å². The first-order valence-electron chi connectivity index (χ1n) is 9.29. The largest absolute Gasteiger partial charge is 0.355 e. The van der Waals surface area contributed by atoms with E-state index in [1.165, 1.54) is 5.56 Å². The highest BCUT2D eigenvalue weighted by atomic mass is 16.1. The van der Waals surface area contributed by atoms with Gasteiger partial charge in [-0.15, -0.1) is 0 Å². The number of H-pyrrole nitrogens is 1. The molecule has 6 heteroatoms. The van der Waals surface area contributed by atoms with Gasteiger partial charge in [0.2, 0.25) is 5.91 Å². The van der Waals surface area contributed by atoms with Gasteiger partial charge in [0, 0.05) is 42.2 Å². The van der Waals surface area contributed by atoms with Gasteiger partial charge in [-0.3, -0.25) is 14.9 Å². The van der Waals surface area contributed by atoms with Crippen LogP contribution < -0.4 is 5.32 Å². The van der Waals surface area contributed by atoms with Crippen LogP contribution in [0.15, 0.2) is 48.8 Å². The molecular weight excluding hydrogens is 338 g/mol. The molecule has 0 saturated carbocycles. The minimum Gasteiger partial charge on any atom is -0.355 e. The average Bonchev–Trinajstić information content (AvgIpc) is 3.13. The fourth-order valence-corrected chi connectivity index (χ4v) is 3.18. The molecule has 0 aliphatic heterocycles. The van der Waals surface area contributed by atoms with E-state index in [1.54, 1.807) is 6.20 Å². The Kier molecular flexibility index (Phi) is 6.19. The summed E-state index contributed by atoms with van der Waals surface area (Å²) in [7, 11) is 4.09. The number of hydrogen-bond donors (Lipinski definition) is 2. The summed E-state index contributed by atoms with van der Waals surface area (Å²) in [4.78, 5) is 18.9. The number of likely N-dealkylation sites (N-methyl/N-ethyl adjacent to an activating group) is 1. The van der Waals surface area contributed by atoms with Crippen molar-refractivity contribution < 1.29 is 4.79 Å². The number of nitrogens with zero attached hydrogens (tertiary/aromatic N) is 3. The van der Waals surface area contributed by atoms with E-state index in [1.807, 2.05) is 45.4 Å². The van der Waals surface area contributed by atoms with Crippen LogP contribution in [0.3, 0.4) is 0 Å². The molecule has 2 aromatic heterocycles. The van der Waals surface area contributed by atoms with Gasteiger partial charge in [-0.25, -0.2) is 0 Å². The summed E-state index contributed by atoms with van der Waals surface area (Å²) < 4.78 is 0. The smallest absolute Gasteiger partial charge is 0.220 e. The van der Waals surface area contributed by atoms with Gasteiger partial charge in [0.1, 0.15) is 0 Å². The zero-order chi connectivity index (χ0) is 19.2. The molecule has 1 amide bonds. The number of amides is 1. The van der Waals surface area contributed by atoms with Crippen LogP contribution in [0.1, 0.15) is 30.5 Å². The molecule has 0 aliphatic rings. The Morgan fingerprint density at radius 3 is 2.85 bits per heavy atom. The predicted molar refractivity (Wildman–Crippen MR) is 108 cm³/mol. The lowest BCUT2D eigenvalue weighted by atomic mass is 10.0. The van der Waals surface area contributed by atoms with Gasteiger partial charge in [0.25, 0.3) is 0 Å². The molecule has 2 N–H and O–H groups in total. The zero-order valence-corrected chi connectivity index (χ0v) is 16.1. The van der Waals surface area contributed by atoms with E-state index in [-0.39, 0.29) is 17.9 Å². The molecule has 2 atom stereocenters. The van der Waals surface area contributed by atoms with Gasteiger partial charge in [0.05, 0.1) is 11.7 Å². The second kappa shape index (κ2) is 8.77. The first-order valence-corrected chi connectivity index (χ1v) is 9.29. The van der Waals surface area contributed by atoms with Crippen molar-refractivity contribution in [2.45, 2.75) is 31.7 Å². The summed E-state index contributed by atoms with van der Waals surface area (Å²) in [5.74, 6) is 0.165. The van der Waals surface area contributed by atoms with E-state index < -0.39 is 0 Å². The molecular formula is C21H27N5O. The summed E-state index contributed by atoms with van der Waals surface area (Å²) in [6, 6.07) is 12.4. The molecule has 1 aromatic carbocycles. The van der Waals surface area contributed by atoms with E-state index in [0.717, 1.165) is 23.0 Å². The molecule has 0 aliphatic carbocycles. The third-order valence-electron chi connectivity index (χ3n) is 4.93. The number of carbonyl (C=O) groups is 1. The molecule has 0 unspecified atom stereocenters. The second-order valence-electron chi connectivity index (χ2n) is 7.28. The number of nitrogens with one attached hydrogen (secondary N) is 2. The summed E-state index contributed by atoms with van der Waals surface area (Å²) in [6.45, 7) is 2.65. The maximum absolute atomic E-state index is 12.4. The van der Waals surface area contributed by atoms with Crippen LogP contribution in [-0.4, -0.2) is 52.7 Å². The van der Waals surface area contributed by atoms with E-state index in [9.17, 15) is 4.79 Å². The third-order valence-corrected chi connectivity index (χ3v) is 4.93. The number of pyridine rings is 1. The van der Waals surface area contributed by atoms with Crippen molar-refractivity contribution in [2.24, 2.45) is 0 Å². The average molecular weight is 365 g/mol. The minimum absolute atomic E-state index is 0.0605. The van der Waals surface area contributed by atoms with Crippen molar-refractivity contribution in [1.29, 1.82) is 0 Å². The summed E-state index contributed by atoms with van der Waals surface area (Å²) in [5.41, 5.74) is 3.22. The maximum atomic E-state index is 12.4. The van der Waals surface area contributed by atoms with Crippen molar-refractivity contribution in [3.63, 3.8) is 0 Å². The molecule has 0 bridgehead atoms. The van der Waals surface area contributed by atoms with Crippen LogP contribution in [0.25, 0.3) is 10.9 Å². The van der Waals surface area contributed by atoms with Crippen LogP contribution in [0, 0.1) is 0 Å². The van der Waals surface area contributed by atoms with Gasteiger partial charge in [-0.05, 0) is 50.3 Å². The molecule has 142 valence electrons. The number of benzene rings is 1.